The van der Waals surface area contributed by atoms with Gasteiger partial charge in [-0.2, -0.15) is 0 Å². The Balaban J connectivity index is 1.43. The minimum absolute atomic E-state index is 0.0517. The fraction of sp³-hybridized carbons (Fsp3) is 0.556. The number of ether oxygens (including phenoxy) is 2. The van der Waals surface area contributed by atoms with Crippen molar-refractivity contribution in [1.82, 2.24) is 10.2 Å². The summed E-state index contributed by atoms with van der Waals surface area (Å²) in [7, 11) is 0. The molecule has 1 atom stereocenters. The molecular formula is C18H24N2O5. The highest BCUT2D eigenvalue weighted by molar-refractivity contribution is 5.87. The quantitative estimate of drug-likeness (QED) is 0.829. The predicted octanol–water partition coefficient (Wildman–Crippen LogP) is 1.13. The molecule has 2 aliphatic heterocycles. The average molecular weight is 348 g/mol. The minimum Gasteiger partial charge on any atom is -0.490 e. The van der Waals surface area contributed by atoms with Crippen LogP contribution in [0.2, 0.25) is 0 Å². The van der Waals surface area contributed by atoms with Crippen molar-refractivity contribution in [1.29, 1.82) is 0 Å². The second-order valence-electron chi connectivity index (χ2n) is 6.46. The van der Waals surface area contributed by atoms with Crippen LogP contribution in [0, 0.1) is 0 Å². The number of likely N-dealkylation sites (tertiary alicyclic amines) is 1. The zero-order valence-electron chi connectivity index (χ0n) is 14.1. The molecule has 25 heavy (non-hydrogen) atoms. The SMILES string of the molecule is O=C(O)c1ccc(OC2CCN(C(=O)CC3COCCN3)CC2)cc1. The molecule has 0 bridgehead atoms. The van der Waals surface area contributed by atoms with E-state index in [1.54, 1.807) is 12.1 Å². The van der Waals surface area contributed by atoms with Crippen molar-refractivity contribution in [2.24, 2.45) is 0 Å². The summed E-state index contributed by atoms with van der Waals surface area (Å²) in [5, 5.41) is 12.2. The van der Waals surface area contributed by atoms with E-state index in [9.17, 15) is 9.59 Å². The maximum absolute atomic E-state index is 12.4. The number of carboxylic acid groups (broad SMARTS) is 1. The van der Waals surface area contributed by atoms with Crippen LogP contribution in [-0.2, 0) is 9.53 Å². The lowest BCUT2D eigenvalue weighted by Crippen LogP contribution is -2.47. The summed E-state index contributed by atoms with van der Waals surface area (Å²) in [5.41, 5.74) is 0.244. The highest BCUT2D eigenvalue weighted by Gasteiger charge is 2.26. The van der Waals surface area contributed by atoms with Gasteiger partial charge in [0.2, 0.25) is 5.91 Å². The maximum atomic E-state index is 12.4. The van der Waals surface area contributed by atoms with Crippen LogP contribution in [0.15, 0.2) is 24.3 Å². The van der Waals surface area contributed by atoms with E-state index >= 15 is 0 Å². The Morgan fingerprint density at radius 1 is 1.24 bits per heavy atom. The van der Waals surface area contributed by atoms with Crippen molar-refractivity contribution in [2.45, 2.75) is 31.4 Å². The first-order valence-electron chi connectivity index (χ1n) is 8.71. The van der Waals surface area contributed by atoms with Crippen molar-refractivity contribution in [3.05, 3.63) is 29.8 Å². The lowest BCUT2D eigenvalue weighted by atomic mass is 10.1. The van der Waals surface area contributed by atoms with Crippen LogP contribution in [0.4, 0.5) is 0 Å². The van der Waals surface area contributed by atoms with Gasteiger partial charge in [-0.1, -0.05) is 0 Å². The van der Waals surface area contributed by atoms with Crippen LogP contribution in [-0.4, -0.2) is 66.9 Å². The first-order chi connectivity index (χ1) is 12.1. The maximum Gasteiger partial charge on any atom is 0.335 e. The van der Waals surface area contributed by atoms with Gasteiger partial charge in [-0.05, 0) is 24.3 Å². The smallest absolute Gasteiger partial charge is 0.335 e. The Morgan fingerprint density at radius 3 is 2.56 bits per heavy atom. The van der Waals surface area contributed by atoms with Gasteiger partial charge in [-0.25, -0.2) is 4.79 Å². The van der Waals surface area contributed by atoms with Crippen LogP contribution in [0.5, 0.6) is 5.75 Å². The predicted molar refractivity (Wildman–Crippen MR) is 90.9 cm³/mol. The number of piperidine rings is 1. The Labute approximate surface area is 146 Å². The third kappa shape index (κ3) is 4.93. The summed E-state index contributed by atoms with van der Waals surface area (Å²) in [4.78, 5) is 25.1. The minimum atomic E-state index is -0.948. The molecule has 0 spiro atoms. The largest absolute Gasteiger partial charge is 0.490 e. The summed E-state index contributed by atoms with van der Waals surface area (Å²) in [5.74, 6) is -0.123. The molecule has 7 heteroatoms. The van der Waals surface area contributed by atoms with Gasteiger partial charge < -0.3 is 24.8 Å². The number of morpholine rings is 1. The summed E-state index contributed by atoms with van der Waals surface area (Å²) in [6, 6.07) is 6.54. The van der Waals surface area contributed by atoms with Gasteiger partial charge in [0, 0.05) is 44.9 Å². The molecule has 1 aromatic rings. The van der Waals surface area contributed by atoms with Crippen LogP contribution >= 0.6 is 0 Å². The van der Waals surface area contributed by atoms with E-state index in [0.29, 0.717) is 38.5 Å². The second-order valence-corrected chi connectivity index (χ2v) is 6.46. The Bertz CT molecular complexity index is 590. The van der Waals surface area contributed by atoms with E-state index in [1.165, 1.54) is 12.1 Å². The first kappa shape index (κ1) is 17.7. The number of rotatable bonds is 5. The summed E-state index contributed by atoms with van der Waals surface area (Å²) in [6.45, 7) is 3.47. The molecule has 2 heterocycles. The number of nitrogens with zero attached hydrogens (tertiary/aromatic N) is 1. The molecule has 136 valence electrons. The third-order valence-corrected chi connectivity index (χ3v) is 4.62. The molecule has 7 nitrogen and oxygen atoms in total. The van der Waals surface area contributed by atoms with E-state index in [4.69, 9.17) is 14.6 Å². The fourth-order valence-electron chi connectivity index (χ4n) is 3.18. The van der Waals surface area contributed by atoms with Crippen LogP contribution in [0.3, 0.4) is 0 Å². The summed E-state index contributed by atoms with van der Waals surface area (Å²) in [6.07, 6.45) is 2.08. The van der Waals surface area contributed by atoms with Gasteiger partial charge in [-0.3, -0.25) is 4.79 Å². The van der Waals surface area contributed by atoms with Crippen LogP contribution < -0.4 is 10.1 Å². The molecular weight excluding hydrogens is 324 g/mol. The highest BCUT2D eigenvalue weighted by Crippen LogP contribution is 2.20. The fourth-order valence-corrected chi connectivity index (χ4v) is 3.18. The molecule has 0 aliphatic carbocycles. The van der Waals surface area contributed by atoms with Gasteiger partial charge in [-0.15, -0.1) is 0 Å². The molecule has 1 unspecified atom stereocenters. The number of hydrogen-bond donors (Lipinski definition) is 2. The van der Waals surface area contributed by atoms with E-state index in [1.807, 2.05) is 4.90 Å². The lowest BCUT2D eigenvalue weighted by molar-refractivity contribution is -0.134. The average Bonchev–Trinajstić information content (AvgIpc) is 2.63. The van der Waals surface area contributed by atoms with Crippen molar-refractivity contribution in [3.63, 3.8) is 0 Å². The molecule has 0 radical (unpaired) electrons. The molecule has 2 fully saturated rings. The third-order valence-electron chi connectivity index (χ3n) is 4.62. The summed E-state index contributed by atoms with van der Waals surface area (Å²) < 4.78 is 11.3. The Kier molecular flexibility index (Phi) is 5.88. The van der Waals surface area contributed by atoms with E-state index in [2.05, 4.69) is 5.32 Å². The molecule has 1 aromatic carbocycles. The Hall–Kier alpha value is -2.12. The van der Waals surface area contributed by atoms with Crippen molar-refractivity contribution < 1.29 is 24.2 Å². The molecule has 1 amide bonds. The van der Waals surface area contributed by atoms with Crippen molar-refractivity contribution >= 4 is 11.9 Å². The summed E-state index contributed by atoms with van der Waals surface area (Å²) >= 11 is 0. The number of nitrogens with one attached hydrogen (secondary N) is 1. The zero-order chi connectivity index (χ0) is 17.6. The zero-order valence-corrected chi connectivity index (χ0v) is 14.1. The second kappa shape index (κ2) is 8.31. The lowest BCUT2D eigenvalue weighted by Gasteiger charge is -2.33. The van der Waals surface area contributed by atoms with Crippen molar-refractivity contribution in [2.75, 3.05) is 32.8 Å². The number of carbonyl (C=O) groups excluding carboxylic acids is 1. The van der Waals surface area contributed by atoms with Gasteiger partial charge in [0.25, 0.3) is 0 Å². The monoisotopic (exact) mass is 348 g/mol. The van der Waals surface area contributed by atoms with Crippen molar-refractivity contribution in [3.8, 4) is 5.75 Å². The van der Waals surface area contributed by atoms with Gasteiger partial charge in [0.1, 0.15) is 11.9 Å². The molecule has 0 aromatic heterocycles. The standard InChI is InChI=1S/C18H24N2O5/c21-17(11-14-12-24-10-7-19-14)20-8-5-16(6-9-20)25-15-3-1-13(2-4-15)18(22)23/h1-4,14,16,19H,5-12H2,(H,22,23). The number of carbonyl (C=O) groups is 2. The molecule has 0 saturated carbocycles. The normalized spacial score (nSPS) is 21.8. The van der Waals surface area contributed by atoms with Gasteiger partial charge >= 0.3 is 5.97 Å². The molecule has 2 N–H and O–H groups in total. The first-order valence-corrected chi connectivity index (χ1v) is 8.71. The van der Waals surface area contributed by atoms with Crippen LogP contribution in [0.1, 0.15) is 29.6 Å². The molecule has 3 rings (SSSR count). The topological polar surface area (TPSA) is 88.1 Å². The number of carboxylic acids is 1. The number of aromatic carboxylic acids is 1. The van der Waals surface area contributed by atoms with Crippen LogP contribution in [0.25, 0.3) is 0 Å². The number of hydrogen-bond acceptors (Lipinski definition) is 5. The molecule has 2 aliphatic rings. The van der Waals surface area contributed by atoms with E-state index < -0.39 is 5.97 Å². The number of amides is 1. The van der Waals surface area contributed by atoms with Gasteiger partial charge in [0.15, 0.2) is 0 Å². The van der Waals surface area contributed by atoms with E-state index in [-0.39, 0.29) is 23.6 Å². The van der Waals surface area contributed by atoms with Gasteiger partial charge in [0.05, 0.1) is 18.8 Å². The highest BCUT2D eigenvalue weighted by atomic mass is 16.5. The Morgan fingerprint density at radius 2 is 1.96 bits per heavy atom. The van der Waals surface area contributed by atoms with E-state index in [0.717, 1.165) is 19.4 Å². The number of benzene rings is 1. The molecule has 2 saturated heterocycles.